The van der Waals surface area contributed by atoms with Gasteiger partial charge < -0.3 is 10.0 Å². The number of terminal acetylenes is 1. The third kappa shape index (κ3) is 18.4. The van der Waals surface area contributed by atoms with Crippen molar-refractivity contribution in [1.82, 2.24) is 4.90 Å². The van der Waals surface area contributed by atoms with Crippen LogP contribution in [-0.2, 0) is 9.59 Å². The highest BCUT2D eigenvalue weighted by Gasteiger charge is 2.26. The maximum atomic E-state index is 13.9. The largest absolute Gasteiger partial charge is 0.481 e. The zero-order valence-corrected chi connectivity index (χ0v) is 23.8. The fourth-order valence-electron chi connectivity index (χ4n) is 4.01. The van der Waals surface area contributed by atoms with Gasteiger partial charge in [0.1, 0.15) is 0 Å². The lowest BCUT2D eigenvalue weighted by atomic mass is 9.93. The van der Waals surface area contributed by atoms with Crippen LogP contribution in [0.4, 0.5) is 0 Å². The highest BCUT2D eigenvalue weighted by atomic mass is 35.5. The van der Waals surface area contributed by atoms with E-state index in [0.29, 0.717) is 55.9 Å². The minimum absolute atomic E-state index is 0.0630. The summed E-state index contributed by atoms with van der Waals surface area (Å²) >= 11 is 11.9. The Morgan fingerprint density at radius 2 is 1.43 bits per heavy atom. The highest BCUT2D eigenvalue weighted by molar-refractivity contribution is 6.18. The maximum absolute atomic E-state index is 13.9. The quantitative estimate of drug-likeness (QED) is 0.116. The number of unbranched alkanes of at least 4 members (excludes halogenated alkanes) is 1. The minimum atomic E-state index is -0.826. The highest BCUT2D eigenvalue weighted by Crippen LogP contribution is 2.22. The number of rotatable bonds is 19. The van der Waals surface area contributed by atoms with Crippen LogP contribution in [0.25, 0.3) is 0 Å². The van der Waals surface area contributed by atoms with Gasteiger partial charge in [-0.3, -0.25) is 9.59 Å². The first kappa shape index (κ1) is 34.5. The summed E-state index contributed by atoms with van der Waals surface area (Å²) in [5, 5.41) is 8.99. The van der Waals surface area contributed by atoms with Crippen LogP contribution in [-0.4, -0.2) is 46.7 Å². The van der Waals surface area contributed by atoms with Gasteiger partial charge in [0.25, 0.3) is 0 Å². The van der Waals surface area contributed by atoms with E-state index >= 15 is 0 Å². The Morgan fingerprint density at radius 3 is 1.95 bits per heavy atom. The molecule has 0 aromatic rings. The Bertz CT molecular complexity index is 900. The van der Waals surface area contributed by atoms with Gasteiger partial charge in [0, 0.05) is 31.3 Å². The van der Waals surface area contributed by atoms with E-state index in [9.17, 15) is 9.59 Å². The van der Waals surface area contributed by atoms with E-state index in [-0.39, 0.29) is 18.2 Å². The van der Waals surface area contributed by atoms with Gasteiger partial charge in [-0.05, 0) is 92.0 Å². The van der Waals surface area contributed by atoms with Crippen LogP contribution in [0.1, 0.15) is 78.1 Å². The molecule has 6 heteroatoms. The number of hydrogen-bond donors (Lipinski definition) is 1. The molecule has 0 fully saturated rings. The first-order valence-electron chi connectivity index (χ1n) is 13.2. The molecule has 0 bridgehead atoms. The van der Waals surface area contributed by atoms with Crippen LogP contribution >= 0.6 is 23.2 Å². The normalized spacial score (nSPS) is 12.5. The summed E-state index contributed by atoms with van der Waals surface area (Å²) in [6.07, 6.45) is 16.1. The van der Waals surface area contributed by atoms with E-state index < -0.39 is 5.97 Å². The lowest BCUT2D eigenvalue weighted by Crippen LogP contribution is -2.42. The zero-order valence-electron chi connectivity index (χ0n) is 22.3. The van der Waals surface area contributed by atoms with Gasteiger partial charge in [0.2, 0.25) is 5.91 Å². The summed E-state index contributed by atoms with van der Waals surface area (Å²) in [7, 11) is 0. The first-order valence-corrected chi connectivity index (χ1v) is 14.2. The third-order valence-corrected chi connectivity index (χ3v) is 6.73. The van der Waals surface area contributed by atoms with Crippen LogP contribution in [0.5, 0.6) is 0 Å². The molecule has 0 aliphatic carbocycles. The predicted molar refractivity (Wildman–Crippen MR) is 155 cm³/mol. The number of alkyl halides is 2. The molecule has 37 heavy (non-hydrogen) atoms. The molecule has 0 rings (SSSR count). The van der Waals surface area contributed by atoms with Gasteiger partial charge in [0.05, 0.1) is 5.92 Å². The topological polar surface area (TPSA) is 57.6 Å². The summed E-state index contributed by atoms with van der Waals surface area (Å²) in [6, 6.07) is 0. The Labute approximate surface area is 234 Å². The average molecular weight is 547 g/mol. The Kier molecular flexibility index (Phi) is 22.3. The average Bonchev–Trinajstić information content (AvgIpc) is 2.89. The summed E-state index contributed by atoms with van der Waals surface area (Å²) in [5.74, 6) is 18.6. The fraction of sp³-hybridized carbons (Fsp3) is 0.613. The predicted octanol–water partition coefficient (Wildman–Crippen LogP) is 6.37. The van der Waals surface area contributed by atoms with Gasteiger partial charge in [0.15, 0.2) is 0 Å². The van der Waals surface area contributed by atoms with E-state index in [0.717, 1.165) is 38.5 Å². The number of carbonyl (C=O) groups excluding carboxylic acids is 1. The molecule has 0 aromatic heterocycles. The number of amides is 1. The van der Waals surface area contributed by atoms with E-state index in [2.05, 4.69) is 55.3 Å². The second kappa shape index (κ2) is 23.9. The number of aliphatic carboxylic acids is 1. The lowest BCUT2D eigenvalue weighted by molar-refractivity contribution is -0.137. The lowest BCUT2D eigenvalue weighted by Gasteiger charge is -2.33. The minimum Gasteiger partial charge on any atom is -0.481 e. The van der Waals surface area contributed by atoms with Crippen molar-refractivity contribution in [2.75, 3.05) is 24.8 Å². The number of carboxylic acids is 1. The maximum Gasteiger partial charge on any atom is 0.303 e. The van der Waals surface area contributed by atoms with Crippen LogP contribution in [0, 0.1) is 65.6 Å². The summed E-state index contributed by atoms with van der Waals surface area (Å²) < 4.78 is 0. The van der Waals surface area contributed by atoms with Crippen molar-refractivity contribution >= 4 is 35.1 Å². The Balaban J connectivity index is 5.82. The standard InChI is InChI=1S/C31H41Cl2NO3/c1-4-7-8-9-10-11-12-13-20-29(21-14-15-22-30(35)36)31(37)34(25-27(5-2)18-16-23-32)26-28(6-3)19-17-24-33/h1,13,20,27-29H,5-6,14-19,21-26H2,2-3H3,(H,35,36)/b20-13-. The van der Waals surface area contributed by atoms with Crippen molar-refractivity contribution < 1.29 is 14.7 Å². The van der Waals surface area contributed by atoms with Crippen molar-refractivity contribution in [1.29, 1.82) is 0 Å². The van der Waals surface area contributed by atoms with E-state index in [4.69, 9.17) is 34.7 Å². The number of nitrogens with zero attached hydrogens (tertiary/aromatic N) is 1. The van der Waals surface area contributed by atoms with Crippen molar-refractivity contribution in [3.63, 3.8) is 0 Å². The summed E-state index contributed by atoms with van der Waals surface area (Å²) in [5.41, 5.74) is 0. The second-order valence-corrected chi connectivity index (χ2v) is 9.73. The van der Waals surface area contributed by atoms with Crippen LogP contribution in [0.2, 0.25) is 0 Å². The van der Waals surface area contributed by atoms with Crippen LogP contribution in [0.3, 0.4) is 0 Å². The molecule has 0 aromatic carbocycles. The molecule has 4 nitrogen and oxygen atoms in total. The van der Waals surface area contributed by atoms with E-state index in [1.165, 1.54) is 0 Å². The van der Waals surface area contributed by atoms with Gasteiger partial charge in [-0.15, -0.1) is 29.6 Å². The van der Waals surface area contributed by atoms with Crippen molar-refractivity contribution in [2.45, 2.75) is 78.1 Å². The number of hydrogen-bond acceptors (Lipinski definition) is 2. The third-order valence-electron chi connectivity index (χ3n) is 6.19. The molecular formula is C31H41Cl2NO3. The Hall–Kier alpha value is -2.50. The Morgan fingerprint density at radius 1 is 0.865 bits per heavy atom. The molecule has 0 saturated heterocycles. The summed E-state index contributed by atoms with van der Waals surface area (Å²) in [4.78, 5) is 26.8. The van der Waals surface area contributed by atoms with Gasteiger partial charge in [-0.25, -0.2) is 0 Å². The number of halogens is 2. The molecule has 202 valence electrons. The molecule has 0 aliphatic heterocycles. The van der Waals surface area contributed by atoms with E-state index in [1.54, 1.807) is 6.08 Å². The number of carboxylic acid groups (broad SMARTS) is 1. The first-order chi connectivity index (χ1) is 17.9. The smallest absolute Gasteiger partial charge is 0.303 e. The van der Waals surface area contributed by atoms with E-state index in [1.807, 2.05) is 11.0 Å². The molecule has 3 atom stereocenters. The van der Waals surface area contributed by atoms with Crippen molar-refractivity contribution in [3.05, 3.63) is 12.2 Å². The fourth-order valence-corrected chi connectivity index (χ4v) is 4.32. The van der Waals surface area contributed by atoms with Crippen LogP contribution < -0.4 is 0 Å². The number of allylic oxidation sites excluding steroid dienone is 1. The molecular weight excluding hydrogens is 505 g/mol. The molecule has 0 heterocycles. The summed E-state index contributed by atoms with van der Waals surface area (Å²) in [6.45, 7) is 5.68. The molecule has 1 N–H and O–H groups in total. The van der Waals surface area contributed by atoms with Gasteiger partial charge in [-0.2, -0.15) is 0 Å². The van der Waals surface area contributed by atoms with Gasteiger partial charge in [-0.1, -0.05) is 45.1 Å². The molecule has 0 saturated carbocycles. The molecule has 0 radical (unpaired) electrons. The van der Waals surface area contributed by atoms with Gasteiger partial charge >= 0.3 is 5.97 Å². The monoisotopic (exact) mass is 545 g/mol. The zero-order chi connectivity index (χ0) is 27.7. The molecule has 0 aliphatic rings. The SMILES string of the molecule is C#CC#CC#CC#C/C=C\C(CCCCC(=O)O)C(=O)N(CC(CC)CCCCl)CC(CC)CCCCl. The van der Waals surface area contributed by atoms with Crippen LogP contribution in [0.15, 0.2) is 12.2 Å². The van der Waals surface area contributed by atoms with Crippen molar-refractivity contribution in [3.8, 4) is 47.9 Å². The van der Waals surface area contributed by atoms with Crippen molar-refractivity contribution in [2.24, 2.45) is 17.8 Å². The second-order valence-electron chi connectivity index (χ2n) is 8.97. The molecule has 3 unspecified atom stereocenters. The number of carbonyl (C=O) groups is 2. The molecule has 0 spiro atoms. The molecule has 1 amide bonds.